The molecule has 15 heavy (non-hydrogen) atoms. The number of aromatic nitrogens is 2. The first-order valence-corrected chi connectivity index (χ1v) is 4.84. The minimum absolute atomic E-state index is 0.302. The highest BCUT2D eigenvalue weighted by atomic mass is 35.5. The lowest BCUT2D eigenvalue weighted by molar-refractivity contribution is 0.507. The predicted octanol–water partition coefficient (Wildman–Crippen LogP) is 3.18. The Kier molecular flexibility index (Phi) is 2.68. The molecule has 0 saturated carbocycles. The highest BCUT2D eigenvalue weighted by molar-refractivity contribution is 6.20. The van der Waals surface area contributed by atoms with Gasteiger partial charge in [0.15, 0.2) is 0 Å². The van der Waals surface area contributed by atoms with Gasteiger partial charge in [0, 0.05) is 5.56 Å². The van der Waals surface area contributed by atoms with Gasteiger partial charge in [-0.05, 0) is 31.2 Å². The topological polar surface area (TPSA) is 38.9 Å². The van der Waals surface area contributed by atoms with Gasteiger partial charge in [0.2, 0.25) is 11.8 Å². The molecule has 0 saturated heterocycles. The standard InChI is InChI=1S/C10H8ClFN2O/c1-6(11)9-13-14-10(15-9)7-2-4-8(12)5-3-7/h2-6H,1H3/t6-/m1/s1. The molecule has 78 valence electrons. The van der Waals surface area contributed by atoms with Crippen LogP contribution in [0.1, 0.15) is 18.2 Å². The van der Waals surface area contributed by atoms with Gasteiger partial charge in [0.1, 0.15) is 11.2 Å². The van der Waals surface area contributed by atoms with Crippen LogP contribution in [0.2, 0.25) is 0 Å². The molecule has 0 fully saturated rings. The Morgan fingerprint density at radius 3 is 2.47 bits per heavy atom. The maximum Gasteiger partial charge on any atom is 0.247 e. The van der Waals surface area contributed by atoms with Crippen molar-refractivity contribution < 1.29 is 8.81 Å². The first kappa shape index (κ1) is 10.1. The quantitative estimate of drug-likeness (QED) is 0.739. The van der Waals surface area contributed by atoms with Crippen molar-refractivity contribution in [1.29, 1.82) is 0 Å². The van der Waals surface area contributed by atoms with Crippen LogP contribution in [0.4, 0.5) is 4.39 Å². The molecule has 1 heterocycles. The van der Waals surface area contributed by atoms with E-state index in [0.29, 0.717) is 17.3 Å². The normalized spacial score (nSPS) is 12.7. The van der Waals surface area contributed by atoms with E-state index in [0.717, 1.165) is 0 Å². The molecule has 0 amide bonds. The van der Waals surface area contributed by atoms with Crippen LogP contribution < -0.4 is 0 Å². The van der Waals surface area contributed by atoms with Crippen molar-refractivity contribution in [3.63, 3.8) is 0 Å². The molecular formula is C10H8ClFN2O. The fraction of sp³-hybridized carbons (Fsp3) is 0.200. The van der Waals surface area contributed by atoms with Crippen LogP contribution >= 0.6 is 11.6 Å². The second-order valence-corrected chi connectivity index (χ2v) is 3.72. The molecule has 0 N–H and O–H groups in total. The summed E-state index contributed by atoms with van der Waals surface area (Å²) < 4.78 is 17.9. The van der Waals surface area contributed by atoms with E-state index < -0.39 is 0 Å². The van der Waals surface area contributed by atoms with E-state index in [-0.39, 0.29) is 11.2 Å². The van der Waals surface area contributed by atoms with Crippen molar-refractivity contribution in [1.82, 2.24) is 10.2 Å². The summed E-state index contributed by atoms with van der Waals surface area (Å²) in [6, 6.07) is 5.82. The molecular weight excluding hydrogens is 219 g/mol. The van der Waals surface area contributed by atoms with Crippen LogP contribution in [0.3, 0.4) is 0 Å². The molecule has 2 aromatic rings. The van der Waals surface area contributed by atoms with E-state index in [9.17, 15) is 4.39 Å². The van der Waals surface area contributed by atoms with Gasteiger partial charge in [-0.15, -0.1) is 21.8 Å². The number of hydrogen-bond acceptors (Lipinski definition) is 3. The number of halogens is 2. The van der Waals surface area contributed by atoms with Gasteiger partial charge >= 0.3 is 0 Å². The van der Waals surface area contributed by atoms with Crippen LogP contribution in [0.15, 0.2) is 28.7 Å². The summed E-state index contributed by atoms with van der Waals surface area (Å²) in [4.78, 5) is 0. The number of alkyl halides is 1. The molecule has 1 aromatic carbocycles. The number of hydrogen-bond donors (Lipinski definition) is 0. The van der Waals surface area contributed by atoms with Gasteiger partial charge in [-0.2, -0.15) is 0 Å². The number of rotatable bonds is 2. The van der Waals surface area contributed by atoms with Gasteiger partial charge < -0.3 is 4.42 Å². The Labute approximate surface area is 90.9 Å². The van der Waals surface area contributed by atoms with E-state index in [2.05, 4.69) is 10.2 Å². The third kappa shape index (κ3) is 2.15. The van der Waals surface area contributed by atoms with E-state index in [1.165, 1.54) is 12.1 Å². The van der Waals surface area contributed by atoms with Crippen molar-refractivity contribution >= 4 is 11.6 Å². The second-order valence-electron chi connectivity index (χ2n) is 3.07. The maximum absolute atomic E-state index is 12.6. The van der Waals surface area contributed by atoms with E-state index >= 15 is 0 Å². The average molecular weight is 227 g/mol. The summed E-state index contributed by atoms with van der Waals surface area (Å²) in [5.41, 5.74) is 0.674. The molecule has 1 atom stereocenters. The molecule has 1 aromatic heterocycles. The molecule has 3 nitrogen and oxygen atoms in total. The monoisotopic (exact) mass is 226 g/mol. The predicted molar refractivity (Wildman–Crippen MR) is 54.0 cm³/mol. The van der Waals surface area contributed by atoms with Gasteiger partial charge in [-0.25, -0.2) is 4.39 Å². The van der Waals surface area contributed by atoms with E-state index in [1.807, 2.05) is 0 Å². The molecule has 0 aliphatic heterocycles. The zero-order valence-corrected chi connectivity index (χ0v) is 8.70. The fourth-order valence-electron chi connectivity index (χ4n) is 1.10. The van der Waals surface area contributed by atoms with Crippen molar-refractivity contribution in [3.05, 3.63) is 36.0 Å². The number of nitrogens with zero attached hydrogens (tertiary/aromatic N) is 2. The van der Waals surface area contributed by atoms with Crippen LogP contribution in [0.25, 0.3) is 11.5 Å². The first-order chi connectivity index (χ1) is 7.16. The zero-order valence-electron chi connectivity index (χ0n) is 7.95. The van der Waals surface area contributed by atoms with Crippen molar-refractivity contribution in [2.45, 2.75) is 12.3 Å². The maximum atomic E-state index is 12.6. The van der Waals surface area contributed by atoms with Gasteiger partial charge in [0.05, 0.1) is 0 Å². The summed E-state index contributed by atoms with van der Waals surface area (Å²) >= 11 is 5.77. The summed E-state index contributed by atoms with van der Waals surface area (Å²) in [6.07, 6.45) is 0. The summed E-state index contributed by atoms with van der Waals surface area (Å²) in [5, 5.41) is 7.26. The Morgan fingerprint density at radius 1 is 1.27 bits per heavy atom. The van der Waals surface area contributed by atoms with Crippen LogP contribution in [0, 0.1) is 5.82 Å². The summed E-state index contributed by atoms with van der Waals surface area (Å²) in [6.45, 7) is 1.74. The molecule has 2 rings (SSSR count). The van der Waals surface area contributed by atoms with Gasteiger partial charge in [-0.3, -0.25) is 0 Å². The Hall–Kier alpha value is -1.42. The van der Waals surface area contributed by atoms with Crippen molar-refractivity contribution in [3.8, 4) is 11.5 Å². The fourth-order valence-corrected chi connectivity index (χ4v) is 1.19. The van der Waals surface area contributed by atoms with Gasteiger partial charge in [-0.1, -0.05) is 0 Å². The lowest BCUT2D eigenvalue weighted by Gasteiger charge is -1.94. The van der Waals surface area contributed by atoms with Crippen LogP contribution in [-0.4, -0.2) is 10.2 Å². The smallest absolute Gasteiger partial charge is 0.247 e. The molecule has 0 unspecified atom stereocenters. The third-order valence-corrected chi connectivity index (χ3v) is 2.06. The Balaban J connectivity index is 2.33. The average Bonchev–Trinajstić information content (AvgIpc) is 2.68. The number of benzene rings is 1. The Bertz CT molecular complexity index is 453. The van der Waals surface area contributed by atoms with E-state index in [4.69, 9.17) is 16.0 Å². The highest BCUT2D eigenvalue weighted by Gasteiger charge is 2.12. The third-order valence-electron chi connectivity index (χ3n) is 1.87. The second kappa shape index (κ2) is 3.98. The molecule has 5 heteroatoms. The molecule has 0 spiro atoms. The largest absolute Gasteiger partial charge is 0.419 e. The first-order valence-electron chi connectivity index (χ1n) is 4.40. The van der Waals surface area contributed by atoms with Crippen molar-refractivity contribution in [2.24, 2.45) is 0 Å². The minimum atomic E-state index is -0.327. The van der Waals surface area contributed by atoms with E-state index in [1.54, 1.807) is 19.1 Å². The molecule has 0 bridgehead atoms. The molecule has 0 aliphatic rings. The molecule has 0 aliphatic carbocycles. The lowest BCUT2D eigenvalue weighted by Crippen LogP contribution is -1.81. The summed E-state index contributed by atoms with van der Waals surface area (Å²) in [5.74, 6) is 0.401. The molecule has 0 radical (unpaired) electrons. The lowest BCUT2D eigenvalue weighted by atomic mass is 10.2. The Morgan fingerprint density at radius 2 is 1.93 bits per heavy atom. The van der Waals surface area contributed by atoms with Gasteiger partial charge in [0.25, 0.3) is 0 Å². The van der Waals surface area contributed by atoms with Crippen LogP contribution in [-0.2, 0) is 0 Å². The minimum Gasteiger partial charge on any atom is -0.419 e. The summed E-state index contributed by atoms with van der Waals surface area (Å²) in [7, 11) is 0. The zero-order chi connectivity index (χ0) is 10.8. The van der Waals surface area contributed by atoms with Crippen LogP contribution in [0.5, 0.6) is 0 Å². The SMILES string of the molecule is C[C@@H](Cl)c1nnc(-c2ccc(F)cc2)o1. The van der Waals surface area contributed by atoms with Crippen molar-refractivity contribution in [2.75, 3.05) is 0 Å². The highest BCUT2D eigenvalue weighted by Crippen LogP contribution is 2.23.